The van der Waals surface area contributed by atoms with Crippen LogP contribution in [0.25, 0.3) is 0 Å². The summed E-state index contributed by atoms with van der Waals surface area (Å²) in [5.41, 5.74) is 8.19. The van der Waals surface area contributed by atoms with Crippen molar-refractivity contribution in [3.05, 3.63) is 23.4 Å². The van der Waals surface area contributed by atoms with Gasteiger partial charge in [-0.3, -0.25) is 0 Å². The lowest BCUT2D eigenvalue weighted by molar-refractivity contribution is 0.565. The predicted molar refractivity (Wildman–Crippen MR) is 83.6 cm³/mol. The fraction of sp³-hybridized carbons (Fsp3) is 0.688. The van der Waals surface area contributed by atoms with Crippen molar-refractivity contribution < 1.29 is 0 Å². The van der Waals surface area contributed by atoms with Gasteiger partial charge < -0.3 is 10.6 Å². The van der Waals surface area contributed by atoms with Crippen molar-refractivity contribution in [3.8, 4) is 0 Å². The third kappa shape index (κ3) is 4.50. The smallest absolute Gasteiger partial charge is 0.129 e. The van der Waals surface area contributed by atoms with Gasteiger partial charge in [-0.2, -0.15) is 0 Å². The Kier molecular flexibility index (Phi) is 5.80. The van der Waals surface area contributed by atoms with Crippen LogP contribution in [0.5, 0.6) is 0 Å². The number of nitrogens with zero attached hydrogens (tertiary/aromatic N) is 2. The topological polar surface area (TPSA) is 42.1 Å². The van der Waals surface area contributed by atoms with Crippen LogP contribution in [-0.2, 0) is 12.0 Å². The zero-order valence-electron chi connectivity index (χ0n) is 13.2. The third-order valence-corrected chi connectivity index (χ3v) is 3.19. The van der Waals surface area contributed by atoms with Crippen LogP contribution in [0.4, 0.5) is 5.82 Å². The Labute approximate surface area is 118 Å². The van der Waals surface area contributed by atoms with Gasteiger partial charge in [0, 0.05) is 30.7 Å². The highest BCUT2D eigenvalue weighted by Gasteiger charge is 2.18. The lowest BCUT2D eigenvalue weighted by Crippen LogP contribution is -2.27. The van der Waals surface area contributed by atoms with Crippen LogP contribution in [-0.4, -0.2) is 18.1 Å². The molecule has 1 aromatic heterocycles. The third-order valence-electron chi connectivity index (χ3n) is 3.19. The SMILES string of the molecule is CCCN(CCC)c1cc(CN)cc(C(C)(C)C)n1. The molecule has 0 aliphatic carbocycles. The number of rotatable bonds is 6. The molecule has 3 heteroatoms. The summed E-state index contributed by atoms with van der Waals surface area (Å²) in [7, 11) is 0. The summed E-state index contributed by atoms with van der Waals surface area (Å²) in [6, 6.07) is 4.28. The zero-order valence-corrected chi connectivity index (χ0v) is 13.2. The molecule has 1 aromatic rings. The van der Waals surface area contributed by atoms with E-state index in [-0.39, 0.29) is 5.41 Å². The molecule has 2 N–H and O–H groups in total. The van der Waals surface area contributed by atoms with Crippen molar-refractivity contribution in [3.63, 3.8) is 0 Å². The summed E-state index contributed by atoms with van der Waals surface area (Å²) in [4.78, 5) is 7.23. The van der Waals surface area contributed by atoms with Gasteiger partial charge in [-0.1, -0.05) is 34.6 Å². The highest BCUT2D eigenvalue weighted by molar-refractivity contribution is 5.44. The first-order valence-electron chi connectivity index (χ1n) is 7.38. The summed E-state index contributed by atoms with van der Waals surface area (Å²) in [6.07, 6.45) is 2.28. The van der Waals surface area contributed by atoms with Crippen LogP contribution in [0.1, 0.15) is 58.7 Å². The van der Waals surface area contributed by atoms with E-state index in [1.54, 1.807) is 0 Å². The van der Waals surface area contributed by atoms with Gasteiger partial charge in [-0.15, -0.1) is 0 Å². The number of nitrogens with two attached hydrogens (primary N) is 1. The van der Waals surface area contributed by atoms with Crippen LogP contribution < -0.4 is 10.6 Å². The predicted octanol–water partition coefficient (Wildman–Crippen LogP) is 3.46. The first-order chi connectivity index (χ1) is 8.92. The second-order valence-corrected chi connectivity index (χ2v) is 6.16. The molecule has 0 unspecified atom stereocenters. The second kappa shape index (κ2) is 6.90. The van der Waals surface area contributed by atoms with Crippen LogP contribution >= 0.6 is 0 Å². The molecule has 0 aliphatic rings. The molecular formula is C16H29N3. The maximum absolute atomic E-state index is 5.83. The van der Waals surface area contributed by atoms with E-state index in [9.17, 15) is 0 Å². The lowest BCUT2D eigenvalue weighted by atomic mass is 9.90. The largest absolute Gasteiger partial charge is 0.357 e. The van der Waals surface area contributed by atoms with E-state index in [0.717, 1.165) is 37.4 Å². The zero-order chi connectivity index (χ0) is 14.5. The van der Waals surface area contributed by atoms with Crippen LogP contribution in [0.2, 0.25) is 0 Å². The maximum atomic E-state index is 5.83. The summed E-state index contributed by atoms with van der Waals surface area (Å²) in [5.74, 6) is 1.08. The molecule has 0 saturated carbocycles. The number of anilines is 1. The van der Waals surface area contributed by atoms with Crippen molar-refractivity contribution in [2.45, 2.75) is 59.4 Å². The van der Waals surface area contributed by atoms with Gasteiger partial charge in [-0.05, 0) is 30.5 Å². The Morgan fingerprint density at radius 1 is 1.11 bits per heavy atom. The quantitative estimate of drug-likeness (QED) is 0.854. The minimum absolute atomic E-state index is 0.0596. The highest BCUT2D eigenvalue weighted by atomic mass is 15.2. The normalized spacial score (nSPS) is 11.7. The number of hydrogen-bond acceptors (Lipinski definition) is 3. The van der Waals surface area contributed by atoms with E-state index in [1.165, 1.54) is 5.56 Å². The number of pyridine rings is 1. The molecule has 0 atom stereocenters. The van der Waals surface area contributed by atoms with Crippen LogP contribution in [0, 0.1) is 0 Å². The van der Waals surface area contributed by atoms with Crippen molar-refractivity contribution in [1.29, 1.82) is 0 Å². The van der Waals surface area contributed by atoms with Gasteiger partial charge in [0.2, 0.25) is 0 Å². The van der Waals surface area contributed by atoms with Gasteiger partial charge in [0.15, 0.2) is 0 Å². The fourth-order valence-electron chi connectivity index (χ4n) is 2.12. The Bertz CT molecular complexity index is 387. The standard InChI is InChI=1S/C16H29N3/c1-6-8-19(9-7-2)15-11-13(12-17)10-14(18-15)16(3,4)5/h10-11H,6-9,12,17H2,1-5H3. The molecule has 0 saturated heterocycles. The monoisotopic (exact) mass is 263 g/mol. The van der Waals surface area contributed by atoms with Crippen LogP contribution in [0.15, 0.2) is 12.1 Å². The Morgan fingerprint density at radius 3 is 2.11 bits per heavy atom. The van der Waals surface area contributed by atoms with Gasteiger partial charge in [-0.25, -0.2) is 4.98 Å². The summed E-state index contributed by atoms with van der Waals surface area (Å²) in [5, 5.41) is 0. The van der Waals surface area contributed by atoms with Gasteiger partial charge in [0.25, 0.3) is 0 Å². The lowest BCUT2D eigenvalue weighted by Gasteiger charge is -2.26. The Hall–Kier alpha value is -1.09. The Morgan fingerprint density at radius 2 is 1.68 bits per heavy atom. The van der Waals surface area contributed by atoms with E-state index in [1.807, 2.05) is 0 Å². The molecule has 1 heterocycles. The molecule has 0 aromatic carbocycles. The van der Waals surface area contributed by atoms with E-state index in [0.29, 0.717) is 6.54 Å². The first kappa shape index (κ1) is 16.0. The van der Waals surface area contributed by atoms with Crippen molar-refractivity contribution in [2.75, 3.05) is 18.0 Å². The molecule has 3 nitrogen and oxygen atoms in total. The van der Waals surface area contributed by atoms with E-state index in [2.05, 4.69) is 51.7 Å². The van der Waals surface area contributed by atoms with Crippen LogP contribution in [0.3, 0.4) is 0 Å². The highest BCUT2D eigenvalue weighted by Crippen LogP contribution is 2.25. The molecule has 19 heavy (non-hydrogen) atoms. The first-order valence-corrected chi connectivity index (χ1v) is 7.38. The molecule has 0 amide bonds. The van der Waals surface area contributed by atoms with Crippen molar-refractivity contribution >= 4 is 5.82 Å². The second-order valence-electron chi connectivity index (χ2n) is 6.16. The van der Waals surface area contributed by atoms with Gasteiger partial charge in [0.1, 0.15) is 5.82 Å². The minimum Gasteiger partial charge on any atom is -0.357 e. The summed E-state index contributed by atoms with van der Waals surface area (Å²) >= 11 is 0. The number of hydrogen-bond donors (Lipinski definition) is 1. The van der Waals surface area contributed by atoms with Crippen molar-refractivity contribution in [2.24, 2.45) is 5.73 Å². The molecule has 0 aliphatic heterocycles. The van der Waals surface area contributed by atoms with Crippen molar-refractivity contribution in [1.82, 2.24) is 4.98 Å². The molecule has 0 spiro atoms. The van der Waals surface area contributed by atoms with E-state index >= 15 is 0 Å². The summed E-state index contributed by atoms with van der Waals surface area (Å²) < 4.78 is 0. The van der Waals surface area contributed by atoms with E-state index < -0.39 is 0 Å². The minimum atomic E-state index is 0.0596. The fourth-order valence-corrected chi connectivity index (χ4v) is 2.12. The van der Waals surface area contributed by atoms with E-state index in [4.69, 9.17) is 10.7 Å². The van der Waals surface area contributed by atoms with Gasteiger partial charge in [0.05, 0.1) is 0 Å². The molecule has 0 fully saturated rings. The molecule has 0 bridgehead atoms. The molecular weight excluding hydrogens is 234 g/mol. The number of aromatic nitrogens is 1. The average molecular weight is 263 g/mol. The Balaban J connectivity index is 3.17. The average Bonchev–Trinajstić information content (AvgIpc) is 2.37. The molecule has 1 rings (SSSR count). The maximum Gasteiger partial charge on any atom is 0.129 e. The molecule has 108 valence electrons. The van der Waals surface area contributed by atoms with Gasteiger partial charge >= 0.3 is 0 Å². The summed E-state index contributed by atoms with van der Waals surface area (Å²) in [6.45, 7) is 13.7. The molecule has 0 radical (unpaired) electrons.